The summed E-state index contributed by atoms with van der Waals surface area (Å²) in [5.41, 5.74) is 0.383. The zero-order valence-corrected chi connectivity index (χ0v) is 16.8. The molecule has 26 heavy (non-hydrogen) atoms. The first-order chi connectivity index (χ1) is 12.3. The van der Waals surface area contributed by atoms with Crippen molar-refractivity contribution in [2.24, 2.45) is 11.8 Å². The summed E-state index contributed by atoms with van der Waals surface area (Å²) in [6.07, 6.45) is 2.10. The topological polar surface area (TPSA) is 102 Å². The van der Waals surface area contributed by atoms with Gasteiger partial charge in [-0.1, -0.05) is 12.1 Å². The van der Waals surface area contributed by atoms with Gasteiger partial charge in [-0.15, -0.1) is 0 Å². The number of carbonyl (C=O) groups excluding carboxylic acids is 1. The summed E-state index contributed by atoms with van der Waals surface area (Å²) in [6, 6.07) is 0. The van der Waals surface area contributed by atoms with Crippen LogP contribution in [0.4, 0.5) is 0 Å². The minimum absolute atomic E-state index is 0.0214. The van der Waals surface area contributed by atoms with Gasteiger partial charge in [0, 0.05) is 39.3 Å². The fraction of sp³-hybridized carbons (Fsp3) is 0.765. The molecule has 1 fully saturated rings. The van der Waals surface area contributed by atoms with Gasteiger partial charge in [-0.25, -0.2) is 8.42 Å². The number of hydrogen-bond acceptors (Lipinski definition) is 6. The van der Waals surface area contributed by atoms with E-state index >= 15 is 0 Å². The van der Waals surface area contributed by atoms with Crippen molar-refractivity contribution in [3.05, 3.63) is 11.5 Å². The molecular weight excluding hydrogens is 358 g/mol. The van der Waals surface area contributed by atoms with Crippen LogP contribution in [-0.2, 0) is 19.6 Å². The smallest absolute Gasteiger partial charge is 0.248 e. The predicted molar refractivity (Wildman–Crippen MR) is 96.1 cm³/mol. The van der Waals surface area contributed by atoms with Gasteiger partial charge in [0.1, 0.15) is 10.6 Å². The molecule has 1 aliphatic rings. The number of amides is 1. The highest BCUT2D eigenvalue weighted by Gasteiger charge is 2.36. The Kier molecular flexibility index (Phi) is 7.19. The van der Waals surface area contributed by atoms with Crippen LogP contribution >= 0.6 is 0 Å². The number of nitrogens with one attached hydrogen (secondary N) is 1. The third kappa shape index (κ3) is 4.63. The minimum Gasteiger partial charge on any atom is -0.385 e. The van der Waals surface area contributed by atoms with Crippen molar-refractivity contribution >= 4 is 15.9 Å². The summed E-state index contributed by atoms with van der Waals surface area (Å²) in [5, 5.41) is 6.66. The van der Waals surface area contributed by atoms with E-state index < -0.39 is 10.0 Å². The Bertz CT molecular complexity index is 688. The molecular formula is C17H29N3O5S. The first-order valence-electron chi connectivity index (χ1n) is 8.98. The molecule has 0 saturated carbocycles. The normalized spacial score (nSPS) is 18.0. The largest absolute Gasteiger partial charge is 0.385 e. The quantitative estimate of drug-likeness (QED) is 0.678. The SMILES string of the molecule is COCCCNC(=O)[C@@H](C)C1CCN(S(=O)(=O)c2c(C)noc2C)CC1. The number of piperidine rings is 1. The molecule has 1 aliphatic heterocycles. The number of carbonyl (C=O) groups is 1. The molecule has 9 heteroatoms. The summed E-state index contributed by atoms with van der Waals surface area (Å²) in [5.74, 6) is 0.372. The number of ether oxygens (including phenoxy) is 1. The van der Waals surface area contributed by atoms with E-state index in [1.807, 2.05) is 6.92 Å². The lowest BCUT2D eigenvalue weighted by atomic mass is 9.85. The standard InChI is InChI=1S/C17H29N3O5S/c1-12(17(21)18-8-5-11-24-4)15-6-9-20(10-7-15)26(22,23)16-13(2)19-25-14(16)3/h12,15H,5-11H2,1-4H3,(H,18,21)/t12-/m0/s1. The van der Waals surface area contributed by atoms with Gasteiger partial charge >= 0.3 is 0 Å². The van der Waals surface area contributed by atoms with E-state index in [0.717, 1.165) is 6.42 Å². The van der Waals surface area contributed by atoms with E-state index in [1.54, 1.807) is 21.0 Å². The van der Waals surface area contributed by atoms with Gasteiger partial charge in [-0.3, -0.25) is 4.79 Å². The molecule has 0 unspecified atom stereocenters. The monoisotopic (exact) mass is 387 g/mol. The molecule has 8 nitrogen and oxygen atoms in total. The maximum Gasteiger partial charge on any atom is 0.248 e. The Balaban J connectivity index is 1.91. The second kappa shape index (κ2) is 8.96. The molecule has 1 atom stereocenters. The summed E-state index contributed by atoms with van der Waals surface area (Å²) in [6.45, 7) is 7.16. The first-order valence-corrected chi connectivity index (χ1v) is 10.4. The van der Waals surface area contributed by atoms with E-state index in [2.05, 4.69) is 10.5 Å². The van der Waals surface area contributed by atoms with Gasteiger partial charge in [0.05, 0.1) is 0 Å². The van der Waals surface area contributed by atoms with E-state index in [1.165, 1.54) is 4.31 Å². The van der Waals surface area contributed by atoms with Gasteiger partial charge in [0.2, 0.25) is 15.9 Å². The van der Waals surface area contributed by atoms with Crippen molar-refractivity contribution in [2.75, 3.05) is 33.4 Å². The van der Waals surface area contributed by atoms with E-state index in [-0.39, 0.29) is 22.6 Å². The maximum absolute atomic E-state index is 12.8. The Morgan fingerprint density at radius 3 is 2.58 bits per heavy atom. The van der Waals surface area contributed by atoms with E-state index in [4.69, 9.17) is 9.26 Å². The second-order valence-corrected chi connectivity index (χ2v) is 8.70. The van der Waals surface area contributed by atoms with Crippen molar-refractivity contribution in [2.45, 2.75) is 44.9 Å². The molecule has 0 spiro atoms. The molecule has 2 heterocycles. The molecule has 1 saturated heterocycles. The second-order valence-electron chi connectivity index (χ2n) is 6.82. The zero-order chi connectivity index (χ0) is 19.3. The highest BCUT2D eigenvalue weighted by atomic mass is 32.2. The fourth-order valence-electron chi connectivity index (χ4n) is 3.39. The van der Waals surface area contributed by atoms with E-state index in [0.29, 0.717) is 50.5 Å². The molecule has 1 amide bonds. The minimum atomic E-state index is -3.61. The summed E-state index contributed by atoms with van der Waals surface area (Å²) in [7, 11) is -1.97. The number of methoxy groups -OCH3 is 1. The highest BCUT2D eigenvalue weighted by Crippen LogP contribution is 2.30. The lowest BCUT2D eigenvalue weighted by Crippen LogP contribution is -2.43. The molecule has 0 bridgehead atoms. The van der Waals surface area contributed by atoms with Crippen LogP contribution < -0.4 is 5.32 Å². The van der Waals surface area contributed by atoms with Crippen LogP contribution in [0.25, 0.3) is 0 Å². The number of aryl methyl sites for hydroxylation is 2. The Morgan fingerprint density at radius 1 is 1.38 bits per heavy atom. The summed E-state index contributed by atoms with van der Waals surface area (Å²) >= 11 is 0. The fourth-order valence-corrected chi connectivity index (χ4v) is 5.15. The lowest BCUT2D eigenvalue weighted by molar-refractivity contribution is -0.126. The molecule has 2 rings (SSSR count). The van der Waals surface area contributed by atoms with Crippen LogP contribution in [0.1, 0.15) is 37.6 Å². The zero-order valence-electron chi connectivity index (χ0n) is 15.9. The summed E-state index contributed by atoms with van der Waals surface area (Å²) < 4.78 is 37.1. The molecule has 1 aromatic rings. The van der Waals surface area contributed by atoms with E-state index in [9.17, 15) is 13.2 Å². The van der Waals surface area contributed by atoms with Gasteiger partial charge in [-0.05, 0) is 39.0 Å². The van der Waals surface area contributed by atoms with Gasteiger partial charge < -0.3 is 14.6 Å². The molecule has 1 aromatic heterocycles. The van der Waals surface area contributed by atoms with Crippen molar-refractivity contribution in [3.63, 3.8) is 0 Å². The van der Waals surface area contributed by atoms with Crippen LogP contribution in [0, 0.1) is 25.7 Å². The Hall–Kier alpha value is -1.45. The van der Waals surface area contributed by atoms with Crippen molar-refractivity contribution in [1.82, 2.24) is 14.8 Å². The Morgan fingerprint density at radius 2 is 2.04 bits per heavy atom. The highest BCUT2D eigenvalue weighted by molar-refractivity contribution is 7.89. The molecule has 148 valence electrons. The third-order valence-electron chi connectivity index (χ3n) is 5.01. The number of aromatic nitrogens is 1. The lowest BCUT2D eigenvalue weighted by Gasteiger charge is -2.33. The number of sulfonamides is 1. The van der Waals surface area contributed by atoms with Crippen molar-refractivity contribution < 1.29 is 22.5 Å². The molecule has 0 radical (unpaired) electrons. The van der Waals surface area contributed by atoms with Gasteiger partial charge in [0.25, 0.3) is 0 Å². The van der Waals surface area contributed by atoms with Crippen LogP contribution in [0.15, 0.2) is 9.42 Å². The average Bonchev–Trinajstić information content (AvgIpc) is 2.97. The van der Waals surface area contributed by atoms with Crippen molar-refractivity contribution in [1.29, 1.82) is 0 Å². The predicted octanol–water partition coefficient (Wildman–Crippen LogP) is 1.48. The third-order valence-corrected chi connectivity index (χ3v) is 7.15. The van der Waals surface area contributed by atoms with Gasteiger partial charge in [0.15, 0.2) is 5.76 Å². The summed E-state index contributed by atoms with van der Waals surface area (Å²) in [4.78, 5) is 12.4. The maximum atomic E-state index is 12.8. The number of nitrogens with zero attached hydrogens (tertiary/aromatic N) is 2. The van der Waals surface area contributed by atoms with Crippen LogP contribution in [0.2, 0.25) is 0 Å². The molecule has 1 N–H and O–H groups in total. The Labute approximate surface area is 155 Å². The number of hydrogen-bond donors (Lipinski definition) is 1. The number of rotatable bonds is 8. The first kappa shape index (κ1) is 20.9. The molecule has 0 aromatic carbocycles. The van der Waals surface area contributed by atoms with Crippen LogP contribution in [0.3, 0.4) is 0 Å². The van der Waals surface area contributed by atoms with Gasteiger partial charge in [-0.2, -0.15) is 4.31 Å². The average molecular weight is 388 g/mol. The van der Waals surface area contributed by atoms with Crippen LogP contribution in [0.5, 0.6) is 0 Å². The van der Waals surface area contributed by atoms with Crippen LogP contribution in [-0.4, -0.2) is 57.1 Å². The molecule has 0 aliphatic carbocycles. The van der Waals surface area contributed by atoms with Crippen molar-refractivity contribution in [3.8, 4) is 0 Å².